The van der Waals surface area contributed by atoms with E-state index in [1.54, 1.807) is 0 Å². The lowest BCUT2D eigenvalue weighted by Gasteiger charge is -2.10. The number of aliphatic hydroxyl groups is 1. The summed E-state index contributed by atoms with van der Waals surface area (Å²) in [6.45, 7) is 7.76. The highest BCUT2D eigenvalue weighted by Gasteiger charge is 2.09. The van der Waals surface area contributed by atoms with Gasteiger partial charge in [-0.3, -0.25) is 4.68 Å². The van der Waals surface area contributed by atoms with E-state index in [2.05, 4.69) is 18.9 Å². The van der Waals surface area contributed by atoms with E-state index < -0.39 is 0 Å². The second-order valence-electron chi connectivity index (χ2n) is 4.74. The topological polar surface area (TPSA) is 47.3 Å². The highest BCUT2D eigenvalue weighted by molar-refractivity contribution is 5.01. The van der Waals surface area contributed by atoms with E-state index in [1.807, 2.05) is 23.9 Å². The second kappa shape index (κ2) is 8.27. The summed E-state index contributed by atoms with van der Waals surface area (Å²) in [5.41, 5.74) is 0.971. The molecule has 18 heavy (non-hydrogen) atoms. The fourth-order valence-electron chi connectivity index (χ4n) is 1.83. The SMILES string of the molecule is CCOCCCC(O)Cc1ccn(C(C)CC)n1. The molecule has 1 aromatic heterocycles. The van der Waals surface area contributed by atoms with E-state index in [-0.39, 0.29) is 6.10 Å². The Balaban J connectivity index is 2.30. The molecule has 0 spiro atoms. The molecule has 4 nitrogen and oxygen atoms in total. The molecule has 0 saturated carbocycles. The number of aromatic nitrogens is 2. The van der Waals surface area contributed by atoms with Crippen LogP contribution in [0.5, 0.6) is 0 Å². The van der Waals surface area contributed by atoms with Crippen LogP contribution in [0.4, 0.5) is 0 Å². The summed E-state index contributed by atoms with van der Waals surface area (Å²) in [7, 11) is 0. The Bertz CT molecular complexity index is 325. The fraction of sp³-hybridized carbons (Fsp3) is 0.786. The quantitative estimate of drug-likeness (QED) is 0.689. The maximum Gasteiger partial charge on any atom is 0.0650 e. The molecule has 1 aromatic rings. The lowest BCUT2D eigenvalue weighted by atomic mass is 10.1. The molecule has 0 aliphatic carbocycles. The van der Waals surface area contributed by atoms with E-state index in [9.17, 15) is 5.11 Å². The van der Waals surface area contributed by atoms with Crippen molar-refractivity contribution in [2.24, 2.45) is 0 Å². The van der Waals surface area contributed by atoms with Gasteiger partial charge in [-0.05, 0) is 39.2 Å². The molecular weight excluding hydrogens is 228 g/mol. The molecule has 1 heterocycles. The Kier molecular flexibility index (Phi) is 6.98. The molecular formula is C14H26N2O2. The summed E-state index contributed by atoms with van der Waals surface area (Å²) in [5, 5.41) is 14.4. The average molecular weight is 254 g/mol. The van der Waals surface area contributed by atoms with Crippen LogP contribution in [0.3, 0.4) is 0 Å². The molecule has 1 N–H and O–H groups in total. The Labute approximate surface area is 110 Å². The van der Waals surface area contributed by atoms with Crippen molar-refractivity contribution >= 4 is 0 Å². The van der Waals surface area contributed by atoms with E-state index in [0.29, 0.717) is 12.5 Å². The smallest absolute Gasteiger partial charge is 0.0650 e. The number of ether oxygens (including phenoxy) is 1. The largest absolute Gasteiger partial charge is 0.393 e. The molecule has 0 aliphatic heterocycles. The molecule has 0 fully saturated rings. The predicted molar refractivity (Wildman–Crippen MR) is 72.7 cm³/mol. The minimum absolute atomic E-state index is 0.314. The highest BCUT2D eigenvalue weighted by atomic mass is 16.5. The fourth-order valence-corrected chi connectivity index (χ4v) is 1.83. The lowest BCUT2D eigenvalue weighted by Crippen LogP contribution is -2.13. The van der Waals surface area contributed by atoms with Gasteiger partial charge in [0.15, 0.2) is 0 Å². The van der Waals surface area contributed by atoms with Gasteiger partial charge < -0.3 is 9.84 Å². The summed E-state index contributed by atoms with van der Waals surface area (Å²) in [6.07, 6.45) is 5.06. The van der Waals surface area contributed by atoms with E-state index in [1.165, 1.54) is 0 Å². The van der Waals surface area contributed by atoms with Crippen LogP contribution >= 0.6 is 0 Å². The Morgan fingerprint density at radius 2 is 2.22 bits per heavy atom. The van der Waals surface area contributed by atoms with E-state index in [4.69, 9.17) is 4.74 Å². The van der Waals surface area contributed by atoms with Crippen molar-refractivity contribution in [2.45, 2.75) is 58.6 Å². The molecule has 0 amide bonds. The normalized spacial score (nSPS) is 14.7. The van der Waals surface area contributed by atoms with Gasteiger partial charge in [-0.15, -0.1) is 0 Å². The molecule has 0 bridgehead atoms. The zero-order valence-electron chi connectivity index (χ0n) is 11.8. The van der Waals surface area contributed by atoms with Gasteiger partial charge in [0, 0.05) is 31.9 Å². The molecule has 0 saturated heterocycles. The first-order valence-corrected chi connectivity index (χ1v) is 6.97. The Morgan fingerprint density at radius 1 is 1.44 bits per heavy atom. The van der Waals surface area contributed by atoms with Crippen LogP contribution in [0.2, 0.25) is 0 Å². The molecule has 0 aliphatic rings. The van der Waals surface area contributed by atoms with Gasteiger partial charge in [0.2, 0.25) is 0 Å². The second-order valence-corrected chi connectivity index (χ2v) is 4.74. The third kappa shape index (κ3) is 5.19. The molecule has 2 unspecified atom stereocenters. The van der Waals surface area contributed by atoms with Crippen molar-refractivity contribution in [1.82, 2.24) is 9.78 Å². The van der Waals surface area contributed by atoms with Gasteiger partial charge >= 0.3 is 0 Å². The molecule has 0 radical (unpaired) electrons. The first kappa shape index (κ1) is 15.2. The van der Waals surface area contributed by atoms with E-state index >= 15 is 0 Å². The van der Waals surface area contributed by atoms with Crippen LogP contribution in [0.15, 0.2) is 12.3 Å². The summed E-state index contributed by atoms with van der Waals surface area (Å²) in [4.78, 5) is 0. The standard InChI is InChI=1S/C14H26N2O2/c1-4-12(3)16-9-8-13(15-16)11-14(17)7-6-10-18-5-2/h8-9,12,14,17H,4-7,10-11H2,1-3H3. The van der Waals surface area contributed by atoms with Gasteiger partial charge in [-0.2, -0.15) is 5.10 Å². The zero-order valence-corrected chi connectivity index (χ0v) is 11.8. The summed E-state index contributed by atoms with van der Waals surface area (Å²) >= 11 is 0. The van der Waals surface area contributed by atoms with Crippen molar-refractivity contribution in [3.63, 3.8) is 0 Å². The summed E-state index contributed by atoms with van der Waals surface area (Å²) < 4.78 is 7.23. The highest BCUT2D eigenvalue weighted by Crippen LogP contribution is 2.11. The molecule has 1 rings (SSSR count). The van der Waals surface area contributed by atoms with Crippen LogP contribution in [-0.2, 0) is 11.2 Å². The van der Waals surface area contributed by atoms with E-state index in [0.717, 1.165) is 38.2 Å². The Morgan fingerprint density at radius 3 is 2.89 bits per heavy atom. The van der Waals surface area contributed by atoms with Crippen molar-refractivity contribution in [3.8, 4) is 0 Å². The molecule has 2 atom stereocenters. The predicted octanol–water partition coefficient (Wildman–Crippen LogP) is 2.57. The van der Waals surface area contributed by atoms with Crippen LogP contribution in [0.1, 0.15) is 51.8 Å². The minimum atomic E-state index is -0.314. The van der Waals surface area contributed by atoms with Crippen LogP contribution < -0.4 is 0 Å². The number of aliphatic hydroxyl groups excluding tert-OH is 1. The van der Waals surface area contributed by atoms with Crippen LogP contribution in [-0.4, -0.2) is 34.2 Å². The first-order chi connectivity index (χ1) is 8.67. The number of hydrogen-bond acceptors (Lipinski definition) is 3. The third-order valence-corrected chi connectivity index (χ3v) is 3.18. The zero-order chi connectivity index (χ0) is 13.4. The van der Waals surface area contributed by atoms with Crippen LogP contribution in [0.25, 0.3) is 0 Å². The van der Waals surface area contributed by atoms with Gasteiger partial charge in [0.05, 0.1) is 11.8 Å². The lowest BCUT2D eigenvalue weighted by molar-refractivity contribution is 0.114. The van der Waals surface area contributed by atoms with Gasteiger partial charge in [0.25, 0.3) is 0 Å². The van der Waals surface area contributed by atoms with Crippen molar-refractivity contribution < 1.29 is 9.84 Å². The summed E-state index contributed by atoms with van der Waals surface area (Å²) in [5.74, 6) is 0. The maximum absolute atomic E-state index is 9.90. The average Bonchev–Trinajstić information content (AvgIpc) is 2.82. The monoisotopic (exact) mass is 254 g/mol. The van der Waals surface area contributed by atoms with Crippen molar-refractivity contribution in [2.75, 3.05) is 13.2 Å². The Hall–Kier alpha value is -0.870. The number of rotatable bonds is 9. The summed E-state index contributed by atoms with van der Waals surface area (Å²) in [6, 6.07) is 2.42. The number of nitrogens with zero attached hydrogens (tertiary/aromatic N) is 2. The molecule has 4 heteroatoms. The van der Waals surface area contributed by atoms with Crippen molar-refractivity contribution in [1.29, 1.82) is 0 Å². The van der Waals surface area contributed by atoms with Crippen molar-refractivity contribution in [3.05, 3.63) is 18.0 Å². The van der Waals surface area contributed by atoms with Crippen LogP contribution in [0, 0.1) is 0 Å². The van der Waals surface area contributed by atoms with Gasteiger partial charge in [-0.25, -0.2) is 0 Å². The first-order valence-electron chi connectivity index (χ1n) is 6.97. The van der Waals surface area contributed by atoms with Gasteiger partial charge in [-0.1, -0.05) is 6.92 Å². The maximum atomic E-state index is 9.90. The minimum Gasteiger partial charge on any atom is -0.393 e. The third-order valence-electron chi connectivity index (χ3n) is 3.18. The molecule has 0 aromatic carbocycles. The number of hydrogen-bond donors (Lipinski definition) is 1. The molecule has 104 valence electrons. The van der Waals surface area contributed by atoms with Gasteiger partial charge in [0.1, 0.15) is 0 Å².